The average Bonchev–Trinajstić information content (AvgIpc) is 3.11. The van der Waals surface area contributed by atoms with Crippen LogP contribution in [0.4, 0.5) is 0 Å². The number of rotatable bonds is 7. The Morgan fingerprint density at radius 1 is 1.59 bits per heavy atom. The molecule has 1 fully saturated rings. The Kier molecular flexibility index (Phi) is 4.48. The summed E-state index contributed by atoms with van der Waals surface area (Å²) in [5, 5.41) is 13.2. The predicted molar refractivity (Wildman–Crippen MR) is 67.6 cm³/mol. The molecule has 1 unspecified atom stereocenters. The Morgan fingerprint density at radius 3 is 3.06 bits per heavy atom. The van der Waals surface area contributed by atoms with E-state index in [4.69, 9.17) is 0 Å². The van der Waals surface area contributed by atoms with Crippen LogP contribution in [0.3, 0.4) is 0 Å². The first-order valence-corrected chi connectivity index (χ1v) is 6.23. The second-order valence-corrected chi connectivity index (χ2v) is 4.89. The highest BCUT2D eigenvalue weighted by Crippen LogP contribution is 2.18. The van der Waals surface area contributed by atoms with Crippen molar-refractivity contribution in [1.82, 2.24) is 15.2 Å². The van der Waals surface area contributed by atoms with Crippen molar-refractivity contribution in [2.75, 3.05) is 20.1 Å². The van der Waals surface area contributed by atoms with Gasteiger partial charge in [0.05, 0.1) is 6.10 Å². The molecule has 2 rings (SSSR count). The summed E-state index contributed by atoms with van der Waals surface area (Å²) in [7, 11) is 2.02. The van der Waals surface area contributed by atoms with E-state index in [0.717, 1.165) is 6.54 Å². The largest absolute Gasteiger partial charge is 0.390 e. The van der Waals surface area contributed by atoms with E-state index in [9.17, 15) is 5.11 Å². The Hall–Kier alpha value is -0.970. The van der Waals surface area contributed by atoms with Gasteiger partial charge in [-0.25, -0.2) is 0 Å². The molecule has 1 aromatic heterocycles. The zero-order valence-electron chi connectivity index (χ0n) is 10.3. The molecular formula is C13H21N3O. The van der Waals surface area contributed by atoms with Crippen LogP contribution in [0.15, 0.2) is 24.5 Å². The van der Waals surface area contributed by atoms with E-state index in [1.54, 1.807) is 6.20 Å². The molecule has 4 nitrogen and oxygen atoms in total. The molecule has 17 heavy (non-hydrogen) atoms. The lowest BCUT2D eigenvalue weighted by Crippen LogP contribution is -2.37. The maximum Gasteiger partial charge on any atom is 0.0791 e. The van der Waals surface area contributed by atoms with Gasteiger partial charge in [-0.15, -0.1) is 0 Å². The number of aromatic nitrogens is 1. The fourth-order valence-electron chi connectivity index (χ4n) is 1.88. The lowest BCUT2D eigenvalue weighted by atomic mass is 10.2. The van der Waals surface area contributed by atoms with Crippen LogP contribution in [0.25, 0.3) is 0 Å². The van der Waals surface area contributed by atoms with Gasteiger partial charge in [0.25, 0.3) is 0 Å². The highest BCUT2D eigenvalue weighted by Gasteiger charge is 2.21. The number of nitrogens with zero attached hydrogens (tertiary/aromatic N) is 2. The molecule has 1 saturated carbocycles. The van der Waals surface area contributed by atoms with Gasteiger partial charge in [0, 0.05) is 38.1 Å². The van der Waals surface area contributed by atoms with E-state index in [-0.39, 0.29) is 6.10 Å². The van der Waals surface area contributed by atoms with Crippen LogP contribution in [0.5, 0.6) is 0 Å². The van der Waals surface area contributed by atoms with Crippen molar-refractivity contribution in [2.24, 2.45) is 0 Å². The van der Waals surface area contributed by atoms with Crippen molar-refractivity contribution in [3.05, 3.63) is 30.1 Å². The maximum atomic E-state index is 9.85. The number of pyridine rings is 1. The molecule has 0 spiro atoms. The number of likely N-dealkylation sites (N-methyl/N-ethyl adjacent to an activating group) is 1. The van der Waals surface area contributed by atoms with E-state index < -0.39 is 0 Å². The van der Waals surface area contributed by atoms with Gasteiger partial charge in [-0.05, 0) is 31.5 Å². The topological polar surface area (TPSA) is 48.4 Å². The summed E-state index contributed by atoms with van der Waals surface area (Å²) in [5.74, 6) is 0. The second-order valence-electron chi connectivity index (χ2n) is 4.89. The summed E-state index contributed by atoms with van der Waals surface area (Å²) in [6.45, 7) is 2.21. The van der Waals surface area contributed by atoms with Gasteiger partial charge in [-0.2, -0.15) is 0 Å². The van der Waals surface area contributed by atoms with Gasteiger partial charge in [-0.1, -0.05) is 6.07 Å². The minimum atomic E-state index is -0.294. The van der Waals surface area contributed by atoms with Crippen LogP contribution in [-0.4, -0.2) is 47.3 Å². The molecule has 1 aliphatic rings. The number of aliphatic hydroxyl groups excluding tert-OH is 1. The summed E-state index contributed by atoms with van der Waals surface area (Å²) < 4.78 is 0. The molecule has 2 N–H and O–H groups in total. The fraction of sp³-hybridized carbons (Fsp3) is 0.615. The second kappa shape index (κ2) is 6.10. The zero-order chi connectivity index (χ0) is 12.1. The van der Waals surface area contributed by atoms with E-state index in [1.165, 1.54) is 18.4 Å². The van der Waals surface area contributed by atoms with Crippen molar-refractivity contribution in [3.63, 3.8) is 0 Å². The standard InChI is InChI=1S/C13H21N3O/c1-16(9-11-3-2-6-14-7-11)10-13(17)8-15-12-4-5-12/h2-3,6-7,12-13,15,17H,4-5,8-10H2,1H3. The molecule has 0 aliphatic heterocycles. The van der Waals surface area contributed by atoms with Gasteiger partial charge < -0.3 is 10.4 Å². The highest BCUT2D eigenvalue weighted by atomic mass is 16.3. The van der Waals surface area contributed by atoms with Crippen LogP contribution in [0.1, 0.15) is 18.4 Å². The first-order chi connectivity index (χ1) is 8.24. The molecule has 0 aromatic carbocycles. The van der Waals surface area contributed by atoms with Gasteiger partial charge >= 0.3 is 0 Å². The highest BCUT2D eigenvalue weighted by molar-refractivity contribution is 5.07. The normalized spacial score (nSPS) is 17.4. The SMILES string of the molecule is CN(Cc1cccnc1)CC(O)CNC1CC1. The summed E-state index contributed by atoms with van der Waals surface area (Å²) in [6, 6.07) is 4.65. The smallest absolute Gasteiger partial charge is 0.0791 e. The molecule has 0 saturated heterocycles. The van der Waals surface area contributed by atoms with Crippen molar-refractivity contribution < 1.29 is 5.11 Å². The first kappa shape index (κ1) is 12.5. The van der Waals surface area contributed by atoms with Crippen LogP contribution in [0.2, 0.25) is 0 Å². The van der Waals surface area contributed by atoms with Crippen LogP contribution >= 0.6 is 0 Å². The van der Waals surface area contributed by atoms with E-state index in [2.05, 4.69) is 21.3 Å². The molecule has 0 radical (unpaired) electrons. The first-order valence-electron chi connectivity index (χ1n) is 6.23. The Balaban J connectivity index is 1.66. The fourth-order valence-corrected chi connectivity index (χ4v) is 1.88. The molecule has 1 aromatic rings. The predicted octanol–water partition coefficient (Wildman–Crippen LogP) is 0.626. The third-order valence-corrected chi connectivity index (χ3v) is 2.92. The van der Waals surface area contributed by atoms with E-state index in [1.807, 2.05) is 19.3 Å². The minimum Gasteiger partial charge on any atom is -0.390 e. The van der Waals surface area contributed by atoms with Crippen molar-refractivity contribution in [3.8, 4) is 0 Å². The lowest BCUT2D eigenvalue weighted by Gasteiger charge is -2.20. The molecule has 0 bridgehead atoms. The average molecular weight is 235 g/mol. The van der Waals surface area contributed by atoms with Crippen LogP contribution in [0, 0.1) is 0 Å². The summed E-state index contributed by atoms with van der Waals surface area (Å²) in [5.41, 5.74) is 1.18. The van der Waals surface area contributed by atoms with Gasteiger partial charge in [-0.3, -0.25) is 9.88 Å². The van der Waals surface area contributed by atoms with Gasteiger partial charge in [0.15, 0.2) is 0 Å². The van der Waals surface area contributed by atoms with Gasteiger partial charge in [0.2, 0.25) is 0 Å². The third kappa shape index (κ3) is 4.81. The Morgan fingerprint density at radius 2 is 2.41 bits per heavy atom. The molecule has 4 heteroatoms. The molecule has 1 aliphatic carbocycles. The Bertz CT molecular complexity index is 327. The molecule has 1 heterocycles. The number of nitrogens with one attached hydrogen (secondary N) is 1. The number of hydrogen-bond acceptors (Lipinski definition) is 4. The quantitative estimate of drug-likeness (QED) is 0.727. The molecule has 94 valence electrons. The monoisotopic (exact) mass is 235 g/mol. The van der Waals surface area contributed by atoms with Crippen molar-refractivity contribution in [1.29, 1.82) is 0 Å². The number of hydrogen-bond donors (Lipinski definition) is 2. The third-order valence-electron chi connectivity index (χ3n) is 2.92. The van der Waals surface area contributed by atoms with E-state index in [0.29, 0.717) is 19.1 Å². The van der Waals surface area contributed by atoms with Gasteiger partial charge in [0.1, 0.15) is 0 Å². The zero-order valence-corrected chi connectivity index (χ0v) is 10.3. The summed E-state index contributed by atoms with van der Waals surface area (Å²) in [4.78, 5) is 6.20. The van der Waals surface area contributed by atoms with Crippen molar-refractivity contribution in [2.45, 2.75) is 31.5 Å². The molecule has 1 atom stereocenters. The summed E-state index contributed by atoms with van der Waals surface area (Å²) in [6.07, 6.45) is 5.87. The summed E-state index contributed by atoms with van der Waals surface area (Å²) >= 11 is 0. The van der Waals surface area contributed by atoms with Crippen LogP contribution in [-0.2, 0) is 6.54 Å². The van der Waals surface area contributed by atoms with Crippen molar-refractivity contribution >= 4 is 0 Å². The number of aliphatic hydroxyl groups is 1. The van der Waals surface area contributed by atoms with E-state index >= 15 is 0 Å². The van der Waals surface area contributed by atoms with Crippen LogP contribution < -0.4 is 5.32 Å². The lowest BCUT2D eigenvalue weighted by molar-refractivity contribution is 0.121. The Labute approximate surface area is 103 Å². The maximum absolute atomic E-state index is 9.85. The minimum absolute atomic E-state index is 0.294. The molecule has 0 amide bonds. The molecular weight excluding hydrogens is 214 g/mol.